The summed E-state index contributed by atoms with van der Waals surface area (Å²) in [6.07, 6.45) is 3.87. The normalized spacial score (nSPS) is 12.7. The number of H-pyrrole nitrogens is 1. The van der Waals surface area contributed by atoms with Gasteiger partial charge in [0.2, 0.25) is 5.91 Å². The molecule has 2 N–H and O–H groups in total. The lowest BCUT2D eigenvalue weighted by molar-refractivity contribution is -0.115. The summed E-state index contributed by atoms with van der Waals surface area (Å²) < 4.78 is 11.1. The molecule has 0 saturated carbocycles. The predicted molar refractivity (Wildman–Crippen MR) is 114 cm³/mol. The maximum atomic E-state index is 12.6. The number of rotatable bonds is 4. The highest BCUT2D eigenvalue weighted by atomic mass is 16.6. The highest BCUT2D eigenvalue weighted by Gasteiger charge is 2.15. The Labute approximate surface area is 173 Å². The number of aromatic nitrogens is 3. The summed E-state index contributed by atoms with van der Waals surface area (Å²) >= 11 is 0. The molecule has 150 valence electrons. The second-order valence-corrected chi connectivity index (χ2v) is 7.29. The number of aromatic amines is 1. The molecule has 1 aliphatic rings. The van der Waals surface area contributed by atoms with Crippen molar-refractivity contribution >= 4 is 22.6 Å². The molecule has 0 atom stereocenters. The molecule has 0 radical (unpaired) electrons. The molecular formula is C23H20N4O3. The minimum absolute atomic E-state index is 0.150. The van der Waals surface area contributed by atoms with Crippen molar-refractivity contribution in [2.45, 2.75) is 13.3 Å². The highest BCUT2D eigenvalue weighted by molar-refractivity contribution is 6.01. The van der Waals surface area contributed by atoms with Gasteiger partial charge in [-0.1, -0.05) is 12.1 Å². The van der Waals surface area contributed by atoms with Crippen LogP contribution in [0, 0.1) is 6.92 Å². The van der Waals surface area contributed by atoms with Crippen LogP contribution in [0.1, 0.15) is 11.1 Å². The van der Waals surface area contributed by atoms with Crippen molar-refractivity contribution in [2.75, 3.05) is 18.5 Å². The number of ether oxygens (including phenoxy) is 2. The number of nitrogens with zero attached hydrogens (tertiary/aromatic N) is 2. The lowest BCUT2D eigenvalue weighted by Gasteiger charge is -2.18. The van der Waals surface area contributed by atoms with Gasteiger partial charge in [0.05, 0.1) is 11.9 Å². The van der Waals surface area contributed by atoms with Crippen LogP contribution >= 0.6 is 0 Å². The third kappa shape index (κ3) is 3.57. The summed E-state index contributed by atoms with van der Waals surface area (Å²) in [6, 6.07) is 13.6. The number of hydrogen-bond donors (Lipinski definition) is 2. The van der Waals surface area contributed by atoms with Crippen molar-refractivity contribution in [1.82, 2.24) is 15.2 Å². The summed E-state index contributed by atoms with van der Waals surface area (Å²) in [6.45, 7) is 3.07. The molecule has 7 heteroatoms. The average molecular weight is 400 g/mol. The van der Waals surface area contributed by atoms with Gasteiger partial charge in [0.25, 0.3) is 0 Å². The summed E-state index contributed by atoms with van der Waals surface area (Å²) in [5.41, 5.74) is 4.83. The number of carbonyl (C=O) groups is 1. The molecule has 0 bridgehead atoms. The fraction of sp³-hybridized carbons (Fsp3) is 0.174. The van der Waals surface area contributed by atoms with Crippen LogP contribution in [0.15, 0.2) is 54.9 Å². The van der Waals surface area contributed by atoms with Crippen molar-refractivity contribution in [3.8, 4) is 22.6 Å². The first-order valence-corrected chi connectivity index (χ1v) is 9.74. The average Bonchev–Trinajstić information content (AvgIpc) is 3.15. The van der Waals surface area contributed by atoms with E-state index in [2.05, 4.69) is 26.6 Å². The van der Waals surface area contributed by atoms with Crippen LogP contribution in [-0.4, -0.2) is 34.3 Å². The van der Waals surface area contributed by atoms with Gasteiger partial charge in [-0.25, -0.2) is 0 Å². The van der Waals surface area contributed by atoms with Crippen LogP contribution in [0.2, 0.25) is 0 Å². The molecular weight excluding hydrogens is 380 g/mol. The van der Waals surface area contributed by atoms with Crippen molar-refractivity contribution < 1.29 is 14.3 Å². The molecule has 1 aliphatic heterocycles. The topological polar surface area (TPSA) is 89.1 Å². The van der Waals surface area contributed by atoms with Crippen LogP contribution in [0.3, 0.4) is 0 Å². The number of anilines is 1. The van der Waals surface area contributed by atoms with E-state index in [1.54, 1.807) is 0 Å². The number of nitrogens with one attached hydrogen (secondary N) is 2. The van der Waals surface area contributed by atoms with Crippen molar-refractivity contribution in [1.29, 1.82) is 0 Å². The number of benzene rings is 2. The van der Waals surface area contributed by atoms with E-state index in [-0.39, 0.29) is 12.3 Å². The number of carbonyl (C=O) groups excluding carboxylic acids is 1. The Morgan fingerprint density at radius 1 is 1.03 bits per heavy atom. The van der Waals surface area contributed by atoms with Crippen LogP contribution in [0.5, 0.6) is 11.5 Å². The predicted octanol–water partition coefficient (Wildman–Crippen LogP) is 3.89. The Bertz CT molecular complexity index is 1250. The summed E-state index contributed by atoms with van der Waals surface area (Å²) in [7, 11) is 0. The van der Waals surface area contributed by atoms with Gasteiger partial charge >= 0.3 is 0 Å². The fourth-order valence-electron chi connectivity index (χ4n) is 3.56. The van der Waals surface area contributed by atoms with E-state index in [1.165, 1.54) is 0 Å². The van der Waals surface area contributed by atoms with E-state index in [0.29, 0.717) is 30.5 Å². The van der Waals surface area contributed by atoms with Crippen molar-refractivity contribution in [3.63, 3.8) is 0 Å². The molecule has 3 heterocycles. The third-order valence-corrected chi connectivity index (χ3v) is 5.00. The van der Waals surface area contributed by atoms with Crippen LogP contribution in [0.25, 0.3) is 22.0 Å². The van der Waals surface area contributed by atoms with Gasteiger partial charge in [-0.3, -0.25) is 14.9 Å². The fourth-order valence-corrected chi connectivity index (χ4v) is 3.56. The zero-order valence-electron chi connectivity index (χ0n) is 16.4. The molecule has 0 spiro atoms. The Balaban J connectivity index is 1.37. The summed E-state index contributed by atoms with van der Waals surface area (Å²) in [5.74, 6) is 1.74. The largest absolute Gasteiger partial charge is 0.486 e. The smallest absolute Gasteiger partial charge is 0.230 e. The minimum Gasteiger partial charge on any atom is -0.486 e. The molecule has 30 heavy (non-hydrogen) atoms. The molecule has 0 aliphatic carbocycles. The standard InChI is InChI=1S/C23H20N4O3/c1-14-8-17(13-24-12-14)16-3-4-19-18(11-16)23(27-26-19)25-22(28)10-15-2-5-20-21(9-15)30-7-6-29-20/h2-5,8-9,11-13H,6-7,10H2,1H3,(H2,25,26,27,28). The highest BCUT2D eigenvalue weighted by Crippen LogP contribution is 2.31. The molecule has 5 rings (SSSR count). The number of aryl methyl sites for hydroxylation is 1. The van der Waals surface area contributed by atoms with Crippen molar-refractivity contribution in [2.24, 2.45) is 0 Å². The molecule has 7 nitrogen and oxygen atoms in total. The zero-order chi connectivity index (χ0) is 20.5. The van der Waals surface area contributed by atoms with Gasteiger partial charge in [-0.05, 0) is 53.9 Å². The lowest BCUT2D eigenvalue weighted by Crippen LogP contribution is -2.17. The Hall–Kier alpha value is -3.87. The summed E-state index contributed by atoms with van der Waals surface area (Å²) in [5, 5.41) is 11.0. The Morgan fingerprint density at radius 2 is 1.90 bits per heavy atom. The molecule has 0 saturated heterocycles. The van der Waals surface area contributed by atoms with Crippen molar-refractivity contribution in [3.05, 3.63) is 66.0 Å². The zero-order valence-corrected chi connectivity index (χ0v) is 16.4. The molecule has 2 aromatic heterocycles. The van der Waals surface area contributed by atoms with E-state index in [0.717, 1.165) is 33.2 Å². The van der Waals surface area contributed by atoms with E-state index < -0.39 is 0 Å². The second-order valence-electron chi connectivity index (χ2n) is 7.29. The first-order valence-electron chi connectivity index (χ1n) is 9.74. The molecule has 0 fully saturated rings. The number of fused-ring (bicyclic) bond motifs is 2. The Kier molecular flexibility index (Phi) is 4.55. The minimum atomic E-state index is -0.150. The maximum absolute atomic E-state index is 12.6. The molecule has 1 amide bonds. The molecule has 0 unspecified atom stereocenters. The van der Waals surface area contributed by atoms with Gasteiger partial charge in [-0.2, -0.15) is 5.10 Å². The van der Waals surface area contributed by atoms with E-state index in [4.69, 9.17) is 9.47 Å². The molecule has 4 aromatic rings. The van der Waals surface area contributed by atoms with E-state index in [9.17, 15) is 4.79 Å². The van der Waals surface area contributed by atoms with Gasteiger partial charge in [-0.15, -0.1) is 0 Å². The van der Waals surface area contributed by atoms with Crippen LogP contribution in [0.4, 0.5) is 5.82 Å². The van der Waals surface area contributed by atoms with Crippen LogP contribution in [-0.2, 0) is 11.2 Å². The second kappa shape index (κ2) is 7.51. The number of pyridine rings is 1. The SMILES string of the molecule is Cc1cncc(-c2ccc3[nH]nc(NC(=O)Cc4ccc5c(c4)OCCO5)c3c2)c1. The maximum Gasteiger partial charge on any atom is 0.230 e. The first kappa shape index (κ1) is 18.2. The monoisotopic (exact) mass is 400 g/mol. The number of amides is 1. The van der Waals surface area contributed by atoms with Gasteiger partial charge in [0, 0.05) is 23.3 Å². The van der Waals surface area contributed by atoms with Gasteiger partial charge < -0.3 is 14.8 Å². The lowest BCUT2D eigenvalue weighted by atomic mass is 10.0. The van der Waals surface area contributed by atoms with Gasteiger partial charge in [0.1, 0.15) is 13.2 Å². The quantitative estimate of drug-likeness (QED) is 0.543. The summed E-state index contributed by atoms with van der Waals surface area (Å²) in [4.78, 5) is 16.9. The van der Waals surface area contributed by atoms with E-state index >= 15 is 0 Å². The molecule has 2 aromatic carbocycles. The van der Waals surface area contributed by atoms with E-state index in [1.807, 2.05) is 55.7 Å². The number of hydrogen-bond acceptors (Lipinski definition) is 5. The van der Waals surface area contributed by atoms with Gasteiger partial charge in [0.15, 0.2) is 17.3 Å². The third-order valence-electron chi connectivity index (χ3n) is 5.00. The Morgan fingerprint density at radius 3 is 2.77 bits per heavy atom. The first-order chi connectivity index (χ1) is 14.7. The van der Waals surface area contributed by atoms with Crippen LogP contribution < -0.4 is 14.8 Å².